The molecule has 6 heteroatoms. The number of carbonyl (C=O) groups is 3. The van der Waals surface area contributed by atoms with Crippen molar-refractivity contribution in [2.75, 3.05) is 13.2 Å². The Kier molecular flexibility index (Phi) is 6.79. The van der Waals surface area contributed by atoms with Crippen molar-refractivity contribution >= 4 is 17.8 Å². The average Bonchev–Trinajstić information content (AvgIpc) is 2.76. The second kappa shape index (κ2) is 9.68. The third-order valence-electron chi connectivity index (χ3n) is 4.77. The normalized spacial score (nSPS) is 15.6. The third kappa shape index (κ3) is 5.10. The van der Waals surface area contributed by atoms with Gasteiger partial charge in [-0.2, -0.15) is 0 Å². The molecule has 0 saturated heterocycles. The van der Waals surface area contributed by atoms with Gasteiger partial charge in [-0.15, -0.1) is 0 Å². The predicted molar refractivity (Wildman–Crippen MR) is 109 cm³/mol. The molecule has 0 saturated carbocycles. The second-order valence-corrected chi connectivity index (χ2v) is 6.67. The highest BCUT2D eigenvalue weighted by atomic mass is 16.5. The number of fused-ring (bicyclic) bond motifs is 1. The number of ether oxygens (including phenoxy) is 1. The summed E-state index contributed by atoms with van der Waals surface area (Å²) in [7, 11) is 0. The van der Waals surface area contributed by atoms with Gasteiger partial charge in [-0.1, -0.05) is 54.6 Å². The van der Waals surface area contributed by atoms with E-state index in [-0.39, 0.29) is 12.5 Å². The molecule has 6 nitrogen and oxygen atoms in total. The van der Waals surface area contributed by atoms with Gasteiger partial charge < -0.3 is 15.0 Å². The molecule has 29 heavy (non-hydrogen) atoms. The van der Waals surface area contributed by atoms with Gasteiger partial charge in [0, 0.05) is 25.2 Å². The summed E-state index contributed by atoms with van der Waals surface area (Å²) in [6.07, 6.45) is 2.92. The first-order chi connectivity index (χ1) is 14.1. The summed E-state index contributed by atoms with van der Waals surface area (Å²) in [5.74, 6) is -1.23. The molecule has 1 N–H and O–H groups in total. The summed E-state index contributed by atoms with van der Waals surface area (Å²) < 4.78 is 4.82. The Balaban J connectivity index is 1.80. The Morgan fingerprint density at radius 3 is 2.55 bits per heavy atom. The fourth-order valence-corrected chi connectivity index (χ4v) is 3.39. The van der Waals surface area contributed by atoms with Gasteiger partial charge in [-0.3, -0.25) is 9.59 Å². The summed E-state index contributed by atoms with van der Waals surface area (Å²) in [6, 6.07) is 16.5. The van der Waals surface area contributed by atoms with Crippen LogP contribution in [0.5, 0.6) is 0 Å². The Bertz CT molecular complexity index is 908. The molecule has 1 aliphatic heterocycles. The minimum atomic E-state index is -0.747. The van der Waals surface area contributed by atoms with Gasteiger partial charge in [-0.05, 0) is 30.0 Å². The Morgan fingerprint density at radius 2 is 1.79 bits per heavy atom. The van der Waals surface area contributed by atoms with Crippen LogP contribution in [-0.4, -0.2) is 35.8 Å². The maximum Gasteiger partial charge on any atom is 0.330 e. The lowest BCUT2D eigenvalue weighted by molar-refractivity contribution is -0.139. The molecule has 1 unspecified atom stereocenters. The highest BCUT2D eigenvalue weighted by molar-refractivity contribution is 5.97. The molecule has 0 aliphatic carbocycles. The van der Waals surface area contributed by atoms with Crippen LogP contribution in [0, 0.1) is 0 Å². The minimum Gasteiger partial charge on any atom is -0.463 e. The number of nitrogens with one attached hydrogen (secondary N) is 1. The van der Waals surface area contributed by atoms with Crippen LogP contribution >= 0.6 is 0 Å². The van der Waals surface area contributed by atoms with Gasteiger partial charge in [0.1, 0.15) is 6.04 Å². The molecule has 0 fully saturated rings. The van der Waals surface area contributed by atoms with Crippen molar-refractivity contribution in [2.45, 2.75) is 25.9 Å². The second-order valence-electron chi connectivity index (χ2n) is 6.67. The Labute approximate surface area is 170 Å². The van der Waals surface area contributed by atoms with E-state index < -0.39 is 17.9 Å². The standard InChI is InChI=1S/C23H24N2O4/c1-2-29-21(27)13-12-20(26)25-15-14-18-10-6-7-11-19(18)22(25)23(28)24-16-17-8-4-3-5-9-17/h3-13,22H,2,14-16H2,1H3,(H,24,28)/b13-12+. The topological polar surface area (TPSA) is 75.7 Å². The molecule has 2 amide bonds. The zero-order chi connectivity index (χ0) is 20.6. The first kappa shape index (κ1) is 20.3. The fraction of sp³-hybridized carbons (Fsp3) is 0.261. The number of esters is 1. The molecule has 1 aliphatic rings. The Hall–Kier alpha value is -3.41. The number of nitrogens with zero attached hydrogens (tertiary/aromatic N) is 1. The summed E-state index contributed by atoms with van der Waals surface area (Å²) in [5.41, 5.74) is 2.83. The highest BCUT2D eigenvalue weighted by Gasteiger charge is 2.34. The first-order valence-electron chi connectivity index (χ1n) is 9.65. The molecule has 0 bridgehead atoms. The van der Waals surface area contributed by atoms with Crippen LogP contribution in [0.25, 0.3) is 0 Å². The van der Waals surface area contributed by atoms with Crippen LogP contribution in [-0.2, 0) is 32.1 Å². The zero-order valence-electron chi connectivity index (χ0n) is 16.3. The van der Waals surface area contributed by atoms with Crippen LogP contribution in [0.2, 0.25) is 0 Å². The third-order valence-corrected chi connectivity index (χ3v) is 4.77. The van der Waals surface area contributed by atoms with Crippen molar-refractivity contribution in [1.82, 2.24) is 10.2 Å². The van der Waals surface area contributed by atoms with Crippen molar-refractivity contribution < 1.29 is 19.1 Å². The molecule has 0 spiro atoms. The summed E-state index contributed by atoms with van der Waals surface area (Å²) in [6.45, 7) is 2.70. The van der Waals surface area contributed by atoms with Crippen LogP contribution in [0.1, 0.15) is 29.7 Å². The van der Waals surface area contributed by atoms with Crippen LogP contribution in [0.15, 0.2) is 66.7 Å². The zero-order valence-corrected chi connectivity index (χ0v) is 16.3. The average molecular weight is 392 g/mol. The molecule has 2 aromatic rings. The van der Waals surface area contributed by atoms with Crippen molar-refractivity contribution in [2.24, 2.45) is 0 Å². The molecule has 0 aromatic heterocycles. The lowest BCUT2D eigenvalue weighted by Gasteiger charge is -2.35. The van der Waals surface area contributed by atoms with Crippen LogP contribution in [0.4, 0.5) is 0 Å². The van der Waals surface area contributed by atoms with E-state index in [4.69, 9.17) is 4.74 Å². The van der Waals surface area contributed by atoms with E-state index >= 15 is 0 Å². The smallest absolute Gasteiger partial charge is 0.330 e. The SMILES string of the molecule is CCOC(=O)/C=C/C(=O)N1CCc2ccccc2C1C(=O)NCc1ccccc1. The van der Waals surface area contributed by atoms with Crippen LogP contribution < -0.4 is 5.32 Å². The summed E-state index contributed by atoms with van der Waals surface area (Å²) in [4.78, 5) is 38.9. The van der Waals surface area contributed by atoms with E-state index in [2.05, 4.69) is 5.32 Å². The van der Waals surface area contributed by atoms with E-state index in [9.17, 15) is 14.4 Å². The number of rotatable bonds is 6. The molecule has 3 rings (SSSR count). The highest BCUT2D eigenvalue weighted by Crippen LogP contribution is 2.30. The Morgan fingerprint density at radius 1 is 1.07 bits per heavy atom. The van der Waals surface area contributed by atoms with Gasteiger partial charge in [0.25, 0.3) is 0 Å². The van der Waals surface area contributed by atoms with Crippen molar-refractivity contribution in [3.63, 3.8) is 0 Å². The minimum absolute atomic E-state index is 0.235. The monoisotopic (exact) mass is 392 g/mol. The van der Waals surface area contributed by atoms with E-state index in [1.807, 2.05) is 54.6 Å². The maximum atomic E-state index is 13.1. The number of benzene rings is 2. The first-order valence-corrected chi connectivity index (χ1v) is 9.65. The van der Waals surface area contributed by atoms with Crippen molar-refractivity contribution in [3.8, 4) is 0 Å². The van der Waals surface area contributed by atoms with Gasteiger partial charge in [0.15, 0.2) is 0 Å². The largest absolute Gasteiger partial charge is 0.463 e. The fourth-order valence-electron chi connectivity index (χ4n) is 3.39. The molecule has 0 radical (unpaired) electrons. The summed E-state index contributed by atoms with van der Waals surface area (Å²) in [5, 5.41) is 2.93. The van der Waals surface area contributed by atoms with Gasteiger partial charge in [0.2, 0.25) is 11.8 Å². The van der Waals surface area contributed by atoms with Gasteiger partial charge in [-0.25, -0.2) is 4.79 Å². The van der Waals surface area contributed by atoms with Crippen LogP contribution in [0.3, 0.4) is 0 Å². The maximum absolute atomic E-state index is 13.1. The number of carbonyl (C=O) groups excluding carboxylic acids is 3. The quantitative estimate of drug-likeness (QED) is 0.606. The van der Waals surface area contributed by atoms with E-state index in [1.54, 1.807) is 6.92 Å². The van der Waals surface area contributed by atoms with Gasteiger partial charge >= 0.3 is 5.97 Å². The molecular weight excluding hydrogens is 368 g/mol. The molecule has 2 aromatic carbocycles. The van der Waals surface area contributed by atoms with Gasteiger partial charge in [0.05, 0.1) is 6.61 Å². The van der Waals surface area contributed by atoms with E-state index in [0.717, 1.165) is 22.8 Å². The van der Waals surface area contributed by atoms with Crippen molar-refractivity contribution in [1.29, 1.82) is 0 Å². The number of hydrogen-bond donors (Lipinski definition) is 1. The predicted octanol–water partition coefficient (Wildman–Crippen LogP) is 2.55. The molecule has 150 valence electrons. The van der Waals surface area contributed by atoms with Crippen molar-refractivity contribution in [3.05, 3.63) is 83.4 Å². The number of hydrogen-bond acceptors (Lipinski definition) is 4. The lowest BCUT2D eigenvalue weighted by Crippen LogP contribution is -2.46. The lowest BCUT2D eigenvalue weighted by atomic mass is 9.91. The van der Waals surface area contributed by atoms with E-state index in [0.29, 0.717) is 19.5 Å². The molecule has 1 atom stereocenters. The summed E-state index contributed by atoms with van der Waals surface area (Å²) >= 11 is 0. The number of amides is 2. The van der Waals surface area contributed by atoms with E-state index in [1.165, 1.54) is 11.0 Å². The molecular formula is C23H24N2O4. The molecule has 1 heterocycles.